The molecule has 1 heterocycles. The van der Waals surface area contributed by atoms with Gasteiger partial charge in [0.25, 0.3) is 0 Å². The van der Waals surface area contributed by atoms with Gasteiger partial charge in [0.1, 0.15) is 5.75 Å². The van der Waals surface area contributed by atoms with Crippen molar-refractivity contribution in [3.05, 3.63) is 45.3 Å². The lowest BCUT2D eigenvalue weighted by Gasteiger charge is -2.13. The number of benzene rings is 1. The van der Waals surface area contributed by atoms with E-state index in [1.165, 1.54) is 27.9 Å². The summed E-state index contributed by atoms with van der Waals surface area (Å²) >= 11 is 0. The molecule has 0 aliphatic heterocycles. The third-order valence-corrected chi connectivity index (χ3v) is 4.99. The Morgan fingerprint density at radius 2 is 1.91 bits per heavy atom. The van der Waals surface area contributed by atoms with Crippen molar-refractivity contribution in [2.45, 2.75) is 66.3 Å². The van der Waals surface area contributed by atoms with Crippen molar-refractivity contribution in [2.24, 2.45) is 0 Å². The Kier molecular flexibility index (Phi) is 3.98. The van der Waals surface area contributed by atoms with Crippen molar-refractivity contribution in [3.8, 4) is 5.75 Å². The summed E-state index contributed by atoms with van der Waals surface area (Å²) in [7, 11) is 0. The summed E-state index contributed by atoms with van der Waals surface area (Å²) in [5.74, 6) is 0.520. The first kappa shape index (κ1) is 15.1. The Labute approximate surface area is 133 Å². The number of aryl methyl sites for hydroxylation is 3. The van der Waals surface area contributed by atoms with Crippen molar-refractivity contribution in [3.63, 3.8) is 0 Å². The van der Waals surface area contributed by atoms with E-state index in [9.17, 15) is 5.11 Å². The van der Waals surface area contributed by atoms with E-state index >= 15 is 0 Å². The molecule has 1 N–H and O–H groups in total. The number of phenolic OH excluding ortho intramolecular Hbond substituents is 1. The van der Waals surface area contributed by atoms with E-state index in [4.69, 9.17) is 5.10 Å². The zero-order chi connectivity index (χ0) is 15.9. The van der Waals surface area contributed by atoms with Crippen LogP contribution in [-0.2, 0) is 25.8 Å². The number of nitrogens with zero attached hydrogens (tertiary/aromatic N) is 2. The summed E-state index contributed by atoms with van der Waals surface area (Å²) in [6.45, 7) is 9.48. The molecular formula is C19H26N2O. The van der Waals surface area contributed by atoms with Gasteiger partial charge in [0.05, 0.1) is 5.69 Å². The Balaban J connectivity index is 2.01. The monoisotopic (exact) mass is 298 g/mol. The zero-order valence-corrected chi connectivity index (χ0v) is 14.2. The highest BCUT2D eigenvalue weighted by molar-refractivity contribution is 5.53. The van der Waals surface area contributed by atoms with Gasteiger partial charge in [-0.1, -0.05) is 13.0 Å². The number of aromatic nitrogens is 2. The Morgan fingerprint density at radius 1 is 1.18 bits per heavy atom. The van der Waals surface area contributed by atoms with Crippen LogP contribution < -0.4 is 0 Å². The molecule has 0 bridgehead atoms. The fourth-order valence-corrected chi connectivity index (χ4v) is 3.78. The van der Waals surface area contributed by atoms with Crippen LogP contribution in [-0.4, -0.2) is 14.9 Å². The molecule has 1 aliphatic rings. The SMILES string of the molecule is CCCn1nc(C)c(Cc2cc(C)c(O)c3c2CCC3)c1C. The van der Waals surface area contributed by atoms with Crippen molar-refractivity contribution in [2.75, 3.05) is 0 Å². The summed E-state index contributed by atoms with van der Waals surface area (Å²) in [5, 5.41) is 15.0. The molecule has 1 aliphatic carbocycles. The number of rotatable bonds is 4. The first-order chi connectivity index (χ1) is 10.5. The van der Waals surface area contributed by atoms with Crippen LogP contribution in [0.5, 0.6) is 5.75 Å². The highest BCUT2D eigenvalue weighted by atomic mass is 16.3. The average molecular weight is 298 g/mol. The molecule has 0 atom stereocenters. The normalized spacial score (nSPS) is 13.6. The first-order valence-corrected chi connectivity index (χ1v) is 8.39. The average Bonchev–Trinajstić information content (AvgIpc) is 3.06. The van der Waals surface area contributed by atoms with E-state index in [0.29, 0.717) is 5.75 Å². The van der Waals surface area contributed by atoms with Crippen LogP contribution in [0, 0.1) is 20.8 Å². The summed E-state index contributed by atoms with van der Waals surface area (Å²) < 4.78 is 2.14. The van der Waals surface area contributed by atoms with Gasteiger partial charge in [-0.25, -0.2) is 0 Å². The summed E-state index contributed by atoms with van der Waals surface area (Å²) in [6.07, 6.45) is 5.31. The molecule has 0 radical (unpaired) electrons. The second-order valence-electron chi connectivity index (χ2n) is 6.56. The van der Waals surface area contributed by atoms with Crippen LogP contribution >= 0.6 is 0 Å². The van der Waals surface area contributed by atoms with Gasteiger partial charge in [0, 0.05) is 24.2 Å². The predicted molar refractivity (Wildman–Crippen MR) is 89.7 cm³/mol. The number of aromatic hydroxyl groups is 1. The number of phenols is 1. The summed E-state index contributed by atoms with van der Waals surface area (Å²) in [4.78, 5) is 0. The third-order valence-electron chi connectivity index (χ3n) is 4.99. The topological polar surface area (TPSA) is 38.0 Å². The van der Waals surface area contributed by atoms with Gasteiger partial charge < -0.3 is 5.11 Å². The molecule has 3 rings (SSSR count). The van der Waals surface area contributed by atoms with E-state index in [1.807, 2.05) is 6.92 Å². The molecule has 2 aromatic rings. The van der Waals surface area contributed by atoms with Crippen molar-refractivity contribution in [1.29, 1.82) is 0 Å². The molecule has 0 saturated heterocycles. The Morgan fingerprint density at radius 3 is 2.64 bits per heavy atom. The van der Waals surface area contributed by atoms with Gasteiger partial charge in [-0.3, -0.25) is 4.68 Å². The molecule has 22 heavy (non-hydrogen) atoms. The third kappa shape index (κ3) is 2.43. The molecule has 0 fully saturated rings. The number of hydrogen-bond acceptors (Lipinski definition) is 2. The van der Waals surface area contributed by atoms with E-state index < -0.39 is 0 Å². The molecule has 0 amide bonds. The van der Waals surface area contributed by atoms with Crippen LogP contribution in [0.4, 0.5) is 0 Å². The maximum absolute atomic E-state index is 10.3. The van der Waals surface area contributed by atoms with Crippen LogP contribution in [0.3, 0.4) is 0 Å². The molecule has 0 unspecified atom stereocenters. The Bertz CT molecular complexity index is 713. The maximum Gasteiger partial charge on any atom is 0.121 e. The molecule has 118 valence electrons. The zero-order valence-electron chi connectivity index (χ0n) is 14.2. The smallest absolute Gasteiger partial charge is 0.121 e. The lowest BCUT2D eigenvalue weighted by molar-refractivity contribution is 0.464. The highest BCUT2D eigenvalue weighted by Gasteiger charge is 2.22. The molecule has 1 aromatic carbocycles. The fourth-order valence-electron chi connectivity index (χ4n) is 3.78. The molecular weight excluding hydrogens is 272 g/mol. The highest BCUT2D eigenvalue weighted by Crippen LogP contribution is 2.36. The minimum absolute atomic E-state index is 0.520. The summed E-state index contributed by atoms with van der Waals surface area (Å²) in [6, 6.07) is 2.18. The molecule has 1 aromatic heterocycles. The number of hydrogen-bond donors (Lipinski definition) is 1. The summed E-state index contributed by atoms with van der Waals surface area (Å²) in [5.41, 5.74) is 8.74. The second-order valence-corrected chi connectivity index (χ2v) is 6.56. The molecule has 3 nitrogen and oxygen atoms in total. The maximum atomic E-state index is 10.3. The molecule has 3 heteroatoms. The van der Waals surface area contributed by atoms with Crippen LogP contribution in [0.2, 0.25) is 0 Å². The van der Waals surface area contributed by atoms with Crippen molar-refractivity contribution < 1.29 is 5.11 Å². The van der Waals surface area contributed by atoms with Gasteiger partial charge in [0.15, 0.2) is 0 Å². The lowest BCUT2D eigenvalue weighted by atomic mass is 9.93. The van der Waals surface area contributed by atoms with Gasteiger partial charge in [0.2, 0.25) is 0 Å². The predicted octanol–water partition coefficient (Wildman–Crippen LogP) is 4.00. The quantitative estimate of drug-likeness (QED) is 0.926. The molecule has 0 spiro atoms. The first-order valence-electron chi connectivity index (χ1n) is 8.39. The van der Waals surface area contributed by atoms with Gasteiger partial charge in [-0.2, -0.15) is 5.10 Å². The fraction of sp³-hybridized carbons (Fsp3) is 0.526. The van der Waals surface area contributed by atoms with Gasteiger partial charge in [-0.05, 0) is 68.7 Å². The minimum atomic E-state index is 0.520. The van der Waals surface area contributed by atoms with Crippen molar-refractivity contribution in [1.82, 2.24) is 9.78 Å². The van der Waals surface area contributed by atoms with Crippen LogP contribution in [0.25, 0.3) is 0 Å². The van der Waals surface area contributed by atoms with E-state index in [-0.39, 0.29) is 0 Å². The second kappa shape index (κ2) is 5.79. The van der Waals surface area contributed by atoms with Gasteiger partial charge in [-0.15, -0.1) is 0 Å². The number of fused-ring (bicyclic) bond motifs is 1. The minimum Gasteiger partial charge on any atom is -0.507 e. The van der Waals surface area contributed by atoms with Gasteiger partial charge >= 0.3 is 0 Å². The standard InChI is InChI=1S/C19H26N2O/c1-5-9-21-14(4)18(13(3)20-21)11-15-10-12(2)19(22)17-8-6-7-16(15)17/h10,22H,5-9,11H2,1-4H3. The Hall–Kier alpha value is -1.77. The molecule has 0 saturated carbocycles. The van der Waals surface area contributed by atoms with Crippen molar-refractivity contribution >= 4 is 0 Å². The van der Waals surface area contributed by atoms with E-state index in [1.54, 1.807) is 0 Å². The van der Waals surface area contributed by atoms with E-state index in [2.05, 4.69) is 31.5 Å². The largest absolute Gasteiger partial charge is 0.507 e. The van der Waals surface area contributed by atoms with E-state index in [0.717, 1.165) is 49.9 Å². The lowest BCUT2D eigenvalue weighted by Crippen LogP contribution is -2.03. The van der Waals surface area contributed by atoms with Crippen LogP contribution in [0.1, 0.15) is 59.0 Å². The van der Waals surface area contributed by atoms with Crippen LogP contribution in [0.15, 0.2) is 6.07 Å².